The van der Waals surface area contributed by atoms with Crippen LogP contribution in [0.4, 0.5) is 5.82 Å². The van der Waals surface area contributed by atoms with Gasteiger partial charge in [0.15, 0.2) is 0 Å². The number of aromatic nitrogens is 3. The van der Waals surface area contributed by atoms with Crippen LogP contribution in [-0.4, -0.2) is 27.0 Å². The second-order valence-electron chi connectivity index (χ2n) is 7.20. The zero-order valence-electron chi connectivity index (χ0n) is 15.7. The first-order chi connectivity index (χ1) is 13.2. The molecular weight excluding hydrogens is 360 g/mol. The van der Waals surface area contributed by atoms with Gasteiger partial charge in [-0.25, -0.2) is 4.98 Å². The summed E-state index contributed by atoms with van der Waals surface area (Å²) in [6.45, 7) is 5.10. The summed E-state index contributed by atoms with van der Waals surface area (Å²) in [6, 6.07) is 9.36. The molecule has 1 aliphatic heterocycles. The third kappa shape index (κ3) is 3.61. The zero-order valence-corrected chi connectivity index (χ0v) is 16.5. The summed E-state index contributed by atoms with van der Waals surface area (Å²) in [7, 11) is 0. The molecule has 1 aliphatic rings. The van der Waals surface area contributed by atoms with Crippen LogP contribution >= 0.6 is 11.6 Å². The number of aryl methyl sites for hydroxylation is 1. The van der Waals surface area contributed by atoms with Gasteiger partial charge in [0.2, 0.25) is 5.78 Å². The molecule has 2 aromatic heterocycles. The smallest absolute Gasteiger partial charge is 0.261 e. The normalized spacial score (nSPS) is 14.4. The van der Waals surface area contributed by atoms with Crippen molar-refractivity contribution in [2.24, 2.45) is 0 Å². The molecule has 0 bridgehead atoms. The van der Waals surface area contributed by atoms with E-state index in [9.17, 15) is 4.79 Å². The Kier molecular flexibility index (Phi) is 5.21. The Labute approximate surface area is 164 Å². The maximum absolute atomic E-state index is 12.8. The first-order valence-corrected chi connectivity index (χ1v) is 10.2. The number of unbranched alkanes of at least 4 members (excludes halogenated alkanes) is 2. The summed E-state index contributed by atoms with van der Waals surface area (Å²) in [6.07, 6.45) is 7.62. The minimum Gasteiger partial charge on any atom is -0.358 e. The molecular formula is C21H25ClN4O. The lowest BCUT2D eigenvalue weighted by atomic mass is 10.2. The van der Waals surface area contributed by atoms with Gasteiger partial charge in [0, 0.05) is 42.5 Å². The van der Waals surface area contributed by atoms with E-state index in [1.165, 1.54) is 25.7 Å². The van der Waals surface area contributed by atoms with Crippen molar-refractivity contribution in [3.8, 4) is 11.3 Å². The minimum absolute atomic E-state index is 0.0219. The predicted molar refractivity (Wildman–Crippen MR) is 111 cm³/mol. The molecule has 0 N–H and O–H groups in total. The van der Waals surface area contributed by atoms with Crippen molar-refractivity contribution in [3.05, 3.63) is 51.9 Å². The molecule has 0 unspecified atom stereocenters. The van der Waals surface area contributed by atoms with E-state index in [2.05, 4.69) is 16.4 Å². The minimum atomic E-state index is -0.0219. The monoisotopic (exact) mass is 384 g/mol. The molecule has 27 heavy (non-hydrogen) atoms. The Balaban J connectivity index is 1.84. The highest BCUT2D eigenvalue weighted by molar-refractivity contribution is 6.30. The van der Waals surface area contributed by atoms with Crippen molar-refractivity contribution in [3.63, 3.8) is 0 Å². The Bertz CT molecular complexity index is 984. The summed E-state index contributed by atoms with van der Waals surface area (Å²) in [4.78, 5) is 20.0. The summed E-state index contributed by atoms with van der Waals surface area (Å²) < 4.78 is 3.90. The SMILES string of the molecule is CCCCCn1c(N2CCCC2)cc(=O)n2cc(-c3ccc(Cl)cc3)nc12. The van der Waals surface area contributed by atoms with Gasteiger partial charge in [-0.15, -0.1) is 0 Å². The fourth-order valence-electron chi connectivity index (χ4n) is 3.79. The molecule has 0 aliphatic carbocycles. The van der Waals surface area contributed by atoms with Crippen molar-refractivity contribution in [1.29, 1.82) is 0 Å². The van der Waals surface area contributed by atoms with Crippen LogP contribution < -0.4 is 10.5 Å². The van der Waals surface area contributed by atoms with Crippen molar-refractivity contribution in [1.82, 2.24) is 14.0 Å². The molecule has 3 heterocycles. The Morgan fingerprint density at radius 1 is 1.11 bits per heavy atom. The number of rotatable bonds is 6. The van der Waals surface area contributed by atoms with Crippen molar-refractivity contribution in [2.75, 3.05) is 18.0 Å². The zero-order chi connectivity index (χ0) is 18.8. The van der Waals surface area contributed by atoms with E-state index in [1.54, 1.807) is 10.5 Å². The number of nitrogens with zero attached hydrogens (tertiary/aromatic N) is 4. The summed E-state index contributed by atoms with van der Waals surface area (Å²) in [5.74, 6) is 1.74. The number of fused-ring (bicyclic) bond motifs is 1. The van der Waals surface area contributed by atoms with E-state index in [0.29, 0.717) is 5.02 Å². The van der Waals surface area contributed by atoms with Crippen molar-refractivity contribution >= 4 is 23.2 Å². The average molecular weight is 385 g/mol. The first kappa shape index (κ1) is 18.1. The molecule has 6 heteroatoms. The van der Waals surface area contributed by atoms with E-state index < -0.39 is 0 Å². The van der Waals surface area contributed by atoms with E-state index in [1.807, 2.05) is 30.5 Å². The van der Waals surface area contributed by atoms with Gasteiger partial charge in [-0.1, -0.05) is 43.5 Å². The second kappa shape index (κ2) is 7.77. The number of hydrogen-bond acceptors (Lipinski definition) is 3. The fourth-order valence-corrected chi connectivity index (χ4v) is 3.91. The Morgan fingerprint density at radius 3 is 2.56 bits per heavy atom. The van der Waals surface area contributed by atoms with E-state index >= 15 is 0 Å². The van der Waals surface area contributed by atoms with Crippen molar-refractivity contribution < 1.29 is 0 Å². The first-order valence-electron chi connectivity index (χ1n) is 9.81. The molecule has 1 fully saturated rings. The van der Waals surface area contributed by atoms with Gasteiger partial charge in [0.1, 0.15) is 5.82 Å². The maximum atomic E-state index is 12.8. The van der Waals surface area contributed by atoms with E-state index in [4.69, 9.17) is 16.6 Å². The second-order valence-corrected chi connectivity index (χ2v) is 7.63. The molecule has 0 spiro atoms. The number of imidazole rings is 1. The van der Waals surface area contributed by atoms with Gasteiger partial charge in [0.25, 0.3) is 5.56 Å². The van der Waals surface area contributed by atoms with Crippen LogP contribution in [0, 0.1) is 0 Å². The standard InChI is InChI=1S/C21H25ClN4O/c1-2-3-4-13-25-19(24-11-5-6-12-24)14-20(27)26-15-18(23-21(25)26)16-7-9-17(22)10-8-16/h7-10,14-15H,2-6,11-13H2,1H3. The number of benzene rings is 1. The molecule has 142 valence electrons. The van der Waals surface area contributed by atoms with Gasteiger partial charge in [-0.2, -0.15) is 0 Å². The molecule has 0 saturated carbocycles. The molecule has 1 aromatic carbocycles. The average Bonchev–Trinajstić information content (AvgIpc) is 3.34. The summed E-state index contributed by atoms with van der Waals surface area (Å²) in [5, 5.41) is 0.693. The highest BCUT2D eigenvalue weighted by atomic mass is 35.5. The third-order valence-corrected chi connectivity index (χ3v) is 5.50. The molecule has 5 nitrogen and oxygen atoms in total. The van der Waals surface area contributed by atoms with Crippen LogP contribution in [0.15, 0.2) is 41.3 Å². The topological polar surface area (TPSA) is 42.5 Å². The predicted octanol–water partition coefficient (Wildman–Crippen LogP) is 4.61. The number of anilines is 1. The Morgan fingerprint density at radius 2 is 1.85 bits per heavy atom. The quantitative estimate of drug-likeness (QED) is 0.583. The molecule has 0 radical (unpaired) electrons. The number of hydrogen-bond donors (Lipinski definition) is 0. The van der Waals surface area contributed by atoms with Crippen LogP contribution in [0.1, 0.15) is 39.0 Å². The van der Waals surface area contributed by atoms with Crippen LogP contribution in [-0.2, 0) is 6.54 Å². The van der Waals surface area contributed by atoms with Gasteiger partial charge in [-0.3, -0.25) is 13.8 Å². The highest BCUT2D eigenvalue weighted by Gasteiger charge is 2.20. The van der Waals surface area contributed by atoms with Crippen LogP contribution in [0.5, 0.6) is 0 Å². The van der Waals surface area contributed by atoms with Gasteiger partial charge >= 0.3 is 0 Å². The fraction of sp³-hybridized carbons (Fsp3) is 0.429. The van der Waals surface area contributed by atoms with Gasteiger partial charge in [-0.05, 0) is 31.4 Å². The highest BCUT2D eigenvalue weighted by Crippen LogP contribution is 2.25. The van der Waals surface area contributed by atoms with E-state index in [-0.39, 0.29) is 5.56 Å². The molecule has 0 atom stereocenters. The lowest BCUT2D eigenvalue weighted by molar-refractivity contribution is 0.597. The van der Waals surface area contributed by atoms with Crippen LogP contribution in [0.25, 0.3) is 17.0 Å². The summed E-state index contributed by atoms with van der Waals surface area (Å²) in [5.41, 5.74) is 1.74. The van der Waals surface area contributed by atoms with Crippen molar-refractivity contribution in [2.45, 2.75) is 45.6 Å². The van der Waals surface area contributed by atoms with Gasteiger partial charge < -0.3 is 4.90 Å². The van der Waals surface area contributed by atoms with E-state index in [0.717, 1.165) is 48.9 Å². The molecule has 0 amide bonds. The lowest BCUT2D eigenvalue weighted by Crippen LogP contribution is -2.27. The number of halogens is 1. The van der Waals surface area contributed by atoms with Gasteiger partial charge in [0.05, 0.1) is 5.69 Å². The molecule has 4 rings (SSSR count). The van der Waals surface area contributed by atoms with Crippen LogP contribution in [0.2, 0.25) is 5.02 Å². The molecule has 1 saturated heterocycles. The lowest BCUT2D eigenvalue weighted by Gasteiger charge is -2.23. The summed E-state index contributed by atoms with van der Waals surface area (Å²) >= 11 is 6.01. The largest absolute Gasteiger partial charge is 0.358 e. The maximum Gasteiger partial charge on any atom is 0.261 e. The Hall–Kier alpha value is -2.27. The third-order valence-electron chi connectivity index (χ3n) is 5.25. The molecule has 3 aromatic rings. The van der Waals surface area contributed by atoms with Crippen LogP contribution in [0.3, 0.4) is 0 Å².